The summed E-state index contributed by atoms with van der Waals surface area (Å²) in [6, 6.07) is 6.61. The average Bonchev–Trinajstić information content (AvgIpc) is 2.88. The van der Waals surface area contributed by atoms with Crippen LogP contribution in [-0.4, -0.2) is 17.3 Å². The fourth-order valence-electron chi connectivity index (χ4n) is 3.96. The Morgan fingerprint density at radius 1 is 1.29 bits per heavy atom. The second-order valence-electron chi connectivity index (χ2n) is 7.01. The molecule has 0 amide bonds. The number of aryl methyl sites for hydroxylation is 1. The summed E-state index contributed by atoms with van der Waals surface area (Å²) < 4.78 is 0. The highest BCUT2D eigenvalue weighted by Crippen LogP contribution is 2.36. The van der Waals surface area contributed by atoms with E-state index in [4.69, 9.17) is 5.73 Å². The highest BCUT2D eigenvalue weighted by molar-refractivity contribution is 5.47. The SMILES string of the molecule is CCC1CCC(O)(CNC2CCc3cc(N)ccc32)CC1. The van der Waals surface area contributed by atoms with Gasteiger partial charge in [-0.05, 0) is 67.7 Å². The summed E-state index contributed by atoms with van der Waals surface area (Å²) in [5.41, 5.74) is 8.95. The Morgan fingerprint density at radius 3 is 2.76 bits per heavy atom. The first-order chi connectivity index (χ1) is 10.1. The lowest BCUT2D eigenvalue weighted by Crippen LogP contribution is -2.44. The molecule has 4 N–H and O–H groups in total. The lowest BCUT2D eigenvalue weighted by molar-refractivity contribution is -0.0106. The van der Waals surface area contributed by atoms with Crippen molar-refractivity contribution in [2.24, 2.45) is 5.92 Å². The minimum Gasteiger partial charge on any atom is -0.399 e. The molecule has 0 aromatic heterocycles. The minimum atomic E-state index is -0.498. The lowest BCUT2D eigenvalue weighted by Gasteiger charge is -2.36. The molecule has 116 valence electrons. The topological polar surface area (TPSA) is 58.3 Å². The van der Waals surface area contributed by atoms with Gasteiger partial charge in [-0.3, -0.25) is 0 Å². The van der Waals surface area contributed by atoms with Gasteiger partial charge < -0.3 is 16.2 Å². The number of hydrogen-bond acceptors (Lipinski definition) is 3. The maximum atomic E-state index is 10.8. The zero-order valence-electron chi connectivity index (χ0n) is 13.1. The van der Waals surface area contributed by atoms with Gasteiger partial charge in [0.25, 0.3) is 0 Å². The molecule has 2 aliphatic carbocycles. The van der Waals surface area contributed by atoms with Crippen molar-refractivity contribution < 1.29 is 5.11 Å². The van der Waals surface area contributed by atoms with Crippen LogP contribution in [0.1, 0.15) is 62.6 Å². The van der Waals surface area contributed by atoms with E-state index in [1.54, 1.807) is 0 Å². The molecule has 1 saturated carbocycles. The van der Waals surface area contributed by atoms with Crippen LogP contribution in [0.5, 0.6) is 0 Å². The zero-order valence-corrected chi connectivity index (χ0v) is 13.1. The molecule has 1 atom stereocenters. The molecular weight excluding hydrogens is 260 g/mol. The molecule has 0 heterocycles. The first kappa shape index (κ1) is 14.9. The summed E-state index contributed by atoms with van der Waals surface area (Å²) >= 11 is 0. The van der Waals surface area contributed by atoms with E-state index in [0.29, 0.717) is 6.04 Å². The third-order valence-electron chi connectivity index (χ3n) is 5.54. The summed E-state index contributed by atoms with van der Waals surface area (Å²) in [6.07, 6.45) is 7.69. The fraction of sp³-hybridized carbons (Fsp3) is 0.667. The zero-order chi connectivity index (χ0) is 14.9. The molecule has 1 aromatic rings. The van der Waals surface area contributed by atoms with Gasteiger partial charge in [0.1, 0.15) is 0 Å². The number of fused-ring (bicyclic) bond motifs is 1. The molecule has 0 spiro atoms. The van der Waals surface area contributed by atoms with Crippen molar-refractivity contribution in [2.75, 3.05) is 12.3 Å². The standard InChI is InChI=1S/C18H28N2O/c1-2-13-7-9-18(21,10-8-13)12-20-17-6-3-14-11-15(19)4-5-16(14)17/h4-5,11,13,17,20-21H,2-3,6-10,12,19H2,1H3. The average molecular weight is 288 g/mol. The number of nitrogen functional groups attached to an aromatic ring is 1. The van der Waals surface area contributed by atoms with Crippen molar-refractivity contribution in [2.45, 2.75) is 63.5 Å². The van der Waals surface area contributed by atoms with Gasteiger partial charge in [0.2, 0.25) is 0 Å². The maximum Gasteiger partial charge on any atom is 0.0772 e. The van der Waals surface area contributed by atoms with Crippen molar-refractivity contribution in [3.05, 3.63) is 29.3 Å². The minimum absolute atomic E-state index is 0.383. The number of nitrogens with two attached hydrogens (primary N) is 1. The van der Waals surface area contributed by atoms with Crippen LogP contribution < -0.4 is 11.1 Å². The van der Waals surface area contributed by atoms with Crippen LogP contribution in [0.25, 0.3) is 0 Å². The Morgan fingerprint density at radius 2 is 2.05 bits per heavy atom. The number of benzene rings is 1. The third-order valence-corrected chi connectivity index (χ3v) is 5.54. The Balaban J connectivity index is 1.57. The molecule has 21 heavy (non-hydrogen) atoms. The summed E-state index contributed by atoms with van der Waals surface area (Å²) in [5, 5.41) is 14.4. The molecular formula is C18H28N2O. The fourth-order valence-corrected chi connectivity index (χ4v) is 3.96. The van der Waals surface area contributed by atoms with E-state index in [0.717, 1.165) is 43.8 Å². The van der Waals surface area contributed by atoms with Gasteiger partial charge in [-0.25, -0.2) is 0 Å². The molecule has 3 nitrogen and oxygen atoms in total. The highest BCUT2D eigenvalue weighted by Gasteiger charge is 2.33. The lowest BCUT2D eigenvalue weighted by atomic mass is 9.77. The van der Waals surface area contributed by atoms with E-state index in [9.17, 15) is 5.11 Å². The highest BCUT2D eigenvalue weighted by atomic mass is 16.3. The van der Waals surface area contributed by atoms with Crippen LogP contribution in [0.4, 0.5) is 5.69 Å². The first-order valence-corrected chi connectivity index (χ1v) is 8.44. The molecule has 0 aliphatic heterocycles. The number of nitrogens with one attached hydrogen (secondary N) is 1. The van der Waals surface area contributed by atoms with E-state index in [2.05, 4.69) is 24.4 Å². The summed E-state index contributed by atoms with van der Waals surface area (Å²) in [7, 11) is 0. The van der Waals surface area contributed by atoms with Crippen molar-refractivity contribution in [3.8, 4) is 0 Å². The molecule has 1 unspecified atom stereocenters. The summed E-state index contributed by atoms with van der Waals surface area (Å²) in [5.74, 6) is 0.820. The third kappa shape index (κ3) is 3.24. The van der Waals surface area contributed by atoms with Crippen LogP contribution >= 0.6 is 0 Å². The summed E-state index contributed by atoms with van der Waals surface area (Å²) in [6.45, 7) is 2.98. The van der Waals surface area contributed by atoms with Crippen molar-refractivity contribution in [1.82, 2.24) is 5.32 Å². The Hall–Kier alpha value is -1.06. The summed E-state index contributed by atoms with van der Waals surface area (Å²) in [4.78, 5) is 0. The van der Waals surface area contributed by atoms with Gasteiger partial charge in [-0.2, -0.15) is 0 Å². The molecule has 2 aliphatic rings. The van der Waals surface area contributed by atoms with Crippen molar-refractivity contribution >= 4 is 5.69 Å². The van der Waals surface area contributed by atoms with Crippen molar-refractivity contribution in [3.63, 3.8) is 0 Å². The molecule has 3 rings (SSSR count). The first-order valence-electron chi connectivity index (χ1n) is 8.44. The van der Waals surface area contributed by atoms with Gasteiger partial charge >= 0.3 is 0 Å². The monoisotopic (exact) mass is 288 g/mol. The van der Waals surface area contributed by atoms with Gasteiger partial charge in [-0.15, -0.1) is 0 Å². The van der Waals surface area contributed by atoms with E-state index in [1.165, 1.54) is 30.4 Å². The number of anilines is 1. The van der Waals surface area contributed by atoms with Gasteiger partial charge in [0.15, 0.2) is 0 Å². The second-order valence-corrected chi connectivity index (χ2v) is 7.01. The van der Waals surface area contributed by atoms with E-state index in [1.807, 2.05) is 6.07 Å². The van der Waals surface area contributed by atoms with Gasteiger partial charge in [0.05, 0.1) is 5.60 Å². The second kappa shape index (κ2) is 5.98. The van der Waals surface area contributed by atoms with E-state index >= 15 is 0 Å². The largest absolute Gasteiger partial charge is 0.399 e. The number of aliphatic hydroxyl groups is 1. The molecule has 1 fully saturated rings. The van der Waals surface area contributed by atoms with Crippen LogP contribution in [0.15, 0.2) is 18.2 Å². The number of rotatable bonds is 4. The quantitative estimate of drug-likeness (QED) is 0.746. The molecule has 0 saturated heterocycles. The smallest absolute Gasteiger partial charge is 0.0772 e. The Labute approximate surface area is 127 Å². The normalized spacial score (nSPS) is 32.1. The van der Waals surface area contributed by atoms with Crippen LogP contribution in [0.3, 0.4) is 0 Å². The van der Waals surface area contributed by atoms with E-state index in [-0.39, 0.29) is 0 Å². The predicted octanol–water partition coefficient (Wildman–Crippen LogP) is 3.18. The van der Waals surface area contributed by atoms with Gasteiger partial charge in [0, 0.05) is 18.3 Å². The molecule has 3 heteroatoms. The van der Waals surface area contributed by atoms with Crippen LogP contribution in [0.2, 0.25) is 0 Å². The maximum absolute atomic E-state index is 10.8. The van der Waals surface area contributed by atoms with E-state index < -0.39 is 5.60 Å². The van der Waals surface area contributed by atoms with Crippen LogP contribution in [0, 0.1) is 5.92 Å². The predicted molar refractivity (Wildman–Crippen MR) is 87.1 cm³/mol. The molecule has 0 bridgehead atoms. The number of hydrogen-bond donors (Lipinski definition) is 3. The molecule has 1 aromatic carbocycles. The Bertz CT molecular complexity index is 492. The molecule has 0 radical (unpaired) electrons. The van der Waals surface area contributed by atoms with Crippen LogP contribution in [-0.2, 0) is 6.42 Å². The van der Waals surface area contributed by atoms with Gasteiger partial charge in [-0.1, -0.05) is 19.4 Å². The Kier molecular flexibility index (Phi) is 4.23. The van der Waals surface area contributed by atoms with Crippen molar-refractivity contribution in [1.29, 1.82) is 0 Å².